The largest absolute Gasteiger partial charge is 0.495 e. The maximum absolute atomic E-state index is 13.2. The van der Waals surface area contributed by atoms with Crippen molar-refractivity contribution in [1.82, 2.24) is 0 Å². The van der Waals surface area contributed by atoms with Gasteiger partial charge in [0.15, 0.2) is 0 Å². The van der Waals surface area contributed by atoms with Crippen molar-refractivity contribution in [1.29, 1.82) is 0 Å². The van der Waals surface area contributed by atoms with Gasteiger partial charge in [-0.25, -0.2) is 4.39 Å². The molecular weight excluding hydrogens is 335 g/mol. The van der Waals surface area contributed by atoms with Crippen molar-refractivity contribution in [3.8, 4) is 5.75 Å². The lowest BCUT2D eigenvalue weighted by Gasteiger charge is -2.23. The zero-order valence-electron chi connectivity index (χ0n) is 13.2. The van der Waals surface area contributed by atoms with Gasteiger partial charge in [-0.05, 0) is 36.4 Å². The molecule has 0 saturated heterocycles. The molecule has 5 nitrogen and oxygen atoms in total. The fraction of sp³-hybridized carbons (Fsp3) is 0.176. The molecule has 0 aliphatic carbocycles. The first-order chi connectivity index (χ1) is 11.4. The lowest BCUT2D eigenvalue weighted by atomic mass is 10.2. The average Bonchev–Trinajstić information content (AvgIpc) is 2.52. The molecule has 2 rings (SSSR count). The molecule has 0 heterocycles. The van der Waals surface area contributed by atoms with E-state index in [9.17, 15) is 14.0 Å². The number of hydrogen-bond acceptors (Lipinski definition) is 3. The Labute approximate surface area is 144 Å². The number of amides is 2. The summed E-state index contributed by atoms with van der Waals surface area (Å²) in [6.45, 7) is 1.07. The van der Waals surface area contributed by atoms with E-state index < -0.39 is 11.7 Å². The number of carbonyl (C=O) groups is 2. The smallest absolute Gasteiger partial charge is 0.244 e. The maximum Gasteiger partial charge on any atom is 0.244 e. The van der Waals surface area contributed by atoms with Gasteiger partial charge in [-0.3, -0.25) is 14.5 Å². The Morgan fingerprint density at radius 3 is 2.62 bits per heavy atom. The number of methoxy groups -OCH3 is 1. The molecule has 0 bridgehead atoms. The standard InChI is InChI=1S/C17H16ClFN2O3/c1-11(22)21(15-8-12(18)6-7-16(15)24-2)10-17(23)20-14-5-3-4-13(19)9-14/h3-9H,10H2,1-2H3,(H,20,23). The highest BCUT2D eigenvalue weighted by Crippen LogP contribution is 2.31. The molecule has 0 aromatic heterocycles. The van der Waals surface area contributed by atoms with Gasteiger partial charge in [-0.1, -0.05) is 17.7 Å². The van der Waals surface area contributed by atoms with Gasteiger partial charge >= 0.3 is 0 Å². The highest BCUT2D eigenvalue weighted by atomic mass is 35.5. The predicted molar refractivity (Wildman–Crippen MR) is 91.1 cm³/mol. The Kier molecular flexibility index (Phi) is 5.76. The number of carbonyl (C=O) groups excluding carboxylic acids is 2. The van der Waals surface area contributed by atoms with Gasteiger partial charge in [0.05, 0.1) is 12.8 Å². The third-order valence-electron chi connectivity index (χ3n) is 3.22. The second-order valence-electron chi connectivity index (χ2n) is 4.98. The fourth-order valence-corrected chi connectivity index (χ4v) is 2.32. The van der Waals surface area contributed by atoms with Crippen LogP contribution in [0, 0.1) is 5.82 Å². The fourth-order valence-electron chi connectivity index (χ4n) is 2.15. The minimum atomic E-state index is -0.474. The van der Waals surface area contributed by atoms with Crippen molar-refractivity contribution in [3.05, 3.63) is 53.3 Å². The average molecular weight is 351 g/mol. The van der Waals surface area contributed by atoms with Crippen molar-refractivity contribution in [2.45, 2.75) is 6.92 Å². The van der Waals surface area contributed by atoms with Crippen molar-refractivity contribution in [2.75, 3.05) is 23.9 Å². The molecule has 2 amide bonds. The summed E-state index contributed by atoms with van der Waals surface area (Å²) in [4.78, 5) is 25.4. The Balaban J connectivity index is 2.21. The molecule has 126 valence electrons. The number of benzene rings is 2. The van der Waals surface area contributed by atoms with E-state index in [1.807, 2.05) is 0 Å². The number of halogens is 2. The van der Waals surface area contributed by atoms with E-state index in [-0.39, 0.29) is 12.5 Å². The summed E-state index contributed by atoms with van der Waals surface area (Å²) < 4.78 is 18.4. The van der Waals surface area contributed by atoms with Crippen molar-refractivity contribution in [3.63, 3.8) is 0 Å². The van der Waals surface area contributed by atoms with Crippen LogP contribution >= 0.6 is 11.6 Å². The lowest BCUT2D eigenvalue weighted by Crippen LogP contribution is -2.37. The van der Waals surface area contributed by atoms with Crippen molar-refractivity contribution < 1.29 is 18.7 Å². The number of rotatable bonds is 5. The molecule has 0 fully saturated rings. The Morgan fingerprint density at radius 2 is 2.00 bits per heavy atom. The van der Waals surface area contributed by atoms with E-state index in [0.717, 1.165) is 0 Å². The van der Waals surface area contributed by atoms with Gasteiger partial charge in [0.1, 0.15) is 18.1 Å². The van der Waals surface area contributed by atoms with E-state index in [1.165, 1.54) is 43.2 Å². The molecule has 0 spiro atoms. The van der Waals surface area contributed by atoms with Crippen LogP contribution < -0.4 is 15.0 Å². The number of ether oxygens (including phenoxy) is 1. The van der Waals surface area contributed by atoms with Crippen LogP contribution in [0.2, 0.25) is 5.02 Å². The van der Waals surface area contributed by atoms with Gasteiger partial charge in [-0.2, -0.15) is 0 Å². The SMILES string of the molecule is COc1ccc(Cl)cc1N(CC(=O)Nc1cccc(F)c1)C(C)=O. The number of nitrogens with zero attached hydrogens (tertiary/aromatic N) is 1. The molecular formula is C17H16ClFN2O3. The van der Waals surface area contributed by atoms with Crippen LogP contribution in [0.25, 0.3) is 0 Å². The first-order valence-electron chi connectivity index (χ1n) is 7.07. The zero-order valence-corrected chi connectivity index (χ0v) is 13.9. The van der Waals surface area contributed by atoms with Crippen LogP contribution in [0.3, 0.4) is 0 Å². The van der Waals surface area contributed by atoms with Gasteiger partial charge in [0.25, 0.3) is 0 Å². The van der Waals surface area contributed by atoms with E-state index in [1.54, 1.807) is 18.2 Å². The zero-order chi connectivity index (χ0) is 17.7. The maximum atomic E-state index is 13.2. The Morgan fingerprint density at radius 1 is 1.25 bits per heavy atom. The van der Waals surface area contributed by atoms with Crippen LogP contribution in [-0.4, -0.2) is 25.5 Å². The van der Waals surface area contributed by atoms with Gasteiger partial charge < -0.3 is 10.1 Å². The third-order valence-corrected chi connectivity index (χ3v) is 3.46. The van der Waals surface area contributed by atoms with E-state index in [2.05, 4.69) is 5.32 Å². The second-order valence-corrected chi connectivity index (χ2v) is 5.42. The third kappa shape index (κ3) is 4.45. The van der Waals surface area contributed by atoms with E-state index >= 15 is 0 Å². The lowest BCUT2D eigenvalue weighted by molar-refractivity contribution is -0.120. The summed E-state index contributed by atoms with van der Waals surface area (Å²) >= 11 is 5.97. The molecule has 0 radical (unpaired) electrons. The second kappa shape index (κ2) is 7.79. The highest BCUT2D eigenvalue weighted by molar-refractivity contribution is 6.31. The minimum Gasteiger partial charge on any atom is -0.495 e. The summed E-state index contributed by atoms with van der Waals surface area (Å²) in [7, 11) is 1.46. The van der Waals surface area contributed by atoms with Crippen LogP contribution in [0.15, 0.2) is 42.5 Å². The quantitative estimate of drug-likeness (QED) is 0.898. The van der Waals surface area contributed by atoms with E-state index in [4.69, 9.17) is 16.3 Å². The molecule has 2 aromatic carbocycles. The normalized spacial score (nSPS) is 10.2. The number of hydrogen-bond donors (Lipinski definition) is 1. The monoisotopic (exact) mass is 350 g/mol. The molecule has 0 aliphatic rings. The highest BCUT2D eigenvalue weighted by Gasteiger charge is 2.20. The Bertz CT molecular complexity index is 767. The molecule has 2 aromatic rings. The summed E-state index contributed by atoms with van der Waals surface area (Å²) in [5.41, 5.74) is 0.688. The molecule has 24 heavy (non-hydrogen) atoms. The summed E-state index contributed by atoms with van der Waals surface area (Å²) in [5, 5.41) is 2.95. The molecule has 0 atom stereocenters. The van der Waals surface area contributed by atoms with Gasteiger partial charge in [0, 0.05) is 17.6 Å². The van der Waals surface area contributed by atoms with Crippen LogP contribution in [-0.2, 0) is 9.59 Å². The summed E-state index contributed by atoms with van der Waals surface area (Å²) in [5.74, 6) is -0.885. The molecule has 0 aliphatic heterocycles. The first kappa shape index (κ1) is 17.7. The molecule has 7 heteroatoms. The summed E-state index contributed by atoms with van der Waals surface area (Å²) in [6.07, 6.45) is 0. The van der Waals surface area contributed by atoms with Crippen LogP contribution in [0.4, 0.5) is 15.8 Å². The van der Waals surface area contributed by atoms with Crippen molar-refractivity contribution >= 4 is 34.8 Å². The number of nitrogens with one attached hydrogen (secondary N) is 1. The molecule has 0 saturated carbocycles. The van der Waals surface area contributed by atoms with Gasteiger partial charge in [-0.15, -0.1) is 0 Å². The Hall–Kier alpha value is -2.60. The predicted octanol–water partition coefficient (Wildman–Crippen LogP) is 3.48. The van der Waals surface area contributed by atoms with Crippen LogP contribution in [0.5, 0.6) is 5.75 Å². The first-order valence-corrected chi connectivity index (χ1v) is 7.45. The van der Waals surface area contributed by atoms with Gasteiger partial charge in [0.2, 0.25) is 11.8 Å². The molecule has 0 unspecified atom stereocenters. The summed E-state index contributed by atoms with van der Waals surface area (Å²) in [6, 6.07) is 10.3. The topological polar surface area (TPSA) is 58.6 Å². The van der Waals surface area contributed by atoms with Crippen LogP contribution in [0.1, 0.15) is 6.92 Å². The minimum absolute atomic E-state index is 0.261. The van der Waals surface area contributed by atoms with Crippen molar-refractivity contribution in [2.24, 2.45) is 0 Å². The molecule has 1 N–H and O–H groups in total. The number of anilines is 2. The van der Waals surface area contributed by atoms with E-state index in [0.29, 0.717) is 22.1 Å².